The van der Waals surface area contributed by atoms with Gasteiger partial charge < -0.3 is 9.26 Å². The minimum Gasteiger partial charge on any atom is -0.419 e. The van der Waals surface area contributed by atoms with Crippen LogP contribution in [0.5, 0.6) is 5.75 Å². The number of nitrogens with zero attached hydrogens (tertiary/aromatic N) is 2. The summed E-state index contributed by atoms with van der Waals surface area (Å²) in [5.74, 6) is -0.544. The first-order valence-electron chi connectivity index (χ1n) is 6.82. The quantitative estimate of drug-likeness (QED) is 0.498. The maximum atomic E-state index is 12.7. The summed E-state index contributed by atoms with van der Waals surface area (Å²) in [5, 5.41) is 4.70. The van der Waals surface area contributed by atoms with Crippen molar-refractivity contribution in [2.75, 3.05) is 0 Å². The molecule has 5 nitrogen and oxygen atoms in total. The van der Waals surface area contributed by atoms with Gasteiger partial charge in [-0.3, -0.25) is 4.98 Å². The molecule has 0 atom stereocenters. The van der Waals surface area contributed by atoms with E-state index in [9.17, 15) is 4.79 Å². The monoisotopic (exact) mass is 416 g/mol. The topological polar surface area (TPSA) is 65.2 Å². The zero-order valence-electron chi connectivity index (χ0n) is 12.5. The summed E-state index contributed by atoms with van der Waals surface area (Å²) in [4.78, 5) is 16.5. The van der Waals surface area contributed by atoms with Crippen molar-refractivity contribution in [2.45, 2.75) is 6.92 Å². The third kappa shape index (κ3) is 3.46. The van der Waals surface area contributed by atoms with E-state index in [1.54, 1.807) is 25.1 Å². The third-order valence-electron chi connectivity index (χ3n) is 3.27. The predicted octanol–water partition coefficient (Wildman–Crippen LogP) is 5.88. The highest BCUT2D eigenvalue weighted by Gasteiger charge is 2.27. The van der Waals surface area contributed by atoms with E-state index in [4.69, 9.17) is 55.7 Å². The van der Waals surface area contributed by atoms with Crippen molar-refractivity contribution in [1.29, 1.82) is 0 Å². The molecule has 0 saturated heterocycles. The van der Waals surface area contributed by atoms with Crippen LogP contribution in [-0.2, 0) is 0 Å². The van der Waals surface area contributed by atoms with Crippen LogP contribution in [0.2, 0.25) is 20.1 Å². The number of rotatable bonds is 3. The van der Waals surface area contributed by atoms with Crippen molar-refractivity contribution in [3.8, 4) is 17.0 Å². The second-order valence-corrected chi connectivity index (χ2v) is 6.51. The van der Waals surface area contributed by atoms with Crippen LogP contribution in [0.15, 0.2) is 35.1 Å². The zero-order chi connectivity index (χ0) is 18.1. The molecule has 2 heterocycles. The molecule has 0 saturated carbocycles. The molecule has 0 unspecified atom stereocenters. The van der Waals surface area contributed by atoms with E-state index in [1.165, 1.54) is 12.4 Å². The number of aromatic nitrogens is 2. The molecule has 0 N–H and O–H groups in total. The van der Waals surface area contributed by atoms with Crippen LogP contribution in [0.1, 0.15) is 16.1 Å². The van der Waals surface area contributed by atoms with Crippen LogP contribution in [0.25, 0.3) is 11.3 Å². The van der Waals surface area contributed by atoms with E-state index in [2.05, 4.69) is 10.1 Å². The number of hydrogen-bond donors (Lipinski definition) is 0. The molecule has 2 aromatic heterocycles. The second-order valence-electron chi connectivity index (χ2n) is 4.88. The maximum absolute atomic E-state index is 12.7. The molecular formula is C16H8Cl4N2O3. The van der Waals surface area contributed by atoms with Gasteiger partial charge in [-0.2, -0.15) is 0 Å². The Morgan fingerprint density at radius 1 is 1.04 bits per heavy atom. The lowest BCUT2D eigenvalue weighted by atomic mass is 10.1. The predicted molar refractivity (Wildman–Crippen MR) is 95.9 cm³/mol. The van der Waals surface area contributed by atoms with Gasteiger partial charge in [-0.1, -0.05) is 57.6 Å². The average Bonchev–Trinajstić information content (AvgIpc) is 2.92. The number of halogens is 4. The summed E-state index contributed by atoms with van der Waals surface area (Å²) in [6.07, 6.45) is 2.62. The zero-order valence-corrected chi connectivity index (χ0v) is 15.5. The Bertz CT molecular complexity index is 932. The van der Waals surface area contributed by atoms with Crippen LogP contribution < -0.4 is 4.74 Å². The van der Waals surface area contributed by atoms with Crippen LogP contribution in [0, 0.1) is 6.92 Å². The molecule has 0 aliphatic carbocycles. The average molecular weight is 418 g/mol. The minimum absolute atomic E-state index is 0.0138. The minimum atomic E-state index is -0.764. The molecule has 25 heavy (non-hydrogen) atoms. The summed E-state index contributed by atoms with van der Waals surface area (Å²) in [5.41, 5.74) is 0.597. The summed E-state index contributed by atoms with van der Waals surface area (Å²) in [6.45, 7) is 1.56. The van der Waals surface area contributed by atoms with Gasteiger partial charge in [0.25, 0.3) is 0 Å². The SMILES string of the molecule is Cc1onc(-c2c(Cl)cccc2Cl)c1C(=O)Oc1c(Cl)cncc1Cl. The summed E-state index contributed by atoms with van der Waals surface area (Å²) >= 11 is 24.3. The van der Waals surface area contributed by atoms with Gasteiger partial charge in [0.05, 0.1) is 10.0 Å². The van der Waals surface area contributed by atoms with E-state index >= 15 is 0 Å². The lowest BCUT2D eigenvalue weighted by Crippen LogP contribution is -2.11. The second kappa shape index (κ2) is 7.22. The Balaban J connectivity index is 2.07. The van der Waals surface area contributed by atoms with Gasteiger partial charge in [0.1, 0.15) is 27.1 Å². The van der Waals surface area contributed by atoms with E-state index < -0.39 is 5.97 Å². The van der Waals surface area contributed by atoms with Gasteiger partial charge in [-0.05, 0) is 19.1 Å². The fourth-order valence-corrected chi connectivity index (χ4v) is 3.17. The van der Waals surface area contributed by atoms with Crippen LogP contribution >= 0.6 is 46.4 Å². The van der Waals surface area contributed by atoms with Gasteiger partial charge in [0, 0.05) is 18.0 Å². The molecule has 0 aliphatic heterocycles. The third-order valence-corrected chi connectivity index (χ3v) is 4.44. The molecule has 0 fully saturated rings. The van der Waals surface area contributed by atoms with Gasteiger partial charge >= 0.3 is 5.97 Å². The van der Waals surface area contributed by atoms with E-state index in [-0.39, 0.29) is 32.8 Å². The fourth-order valence-electron chi connectivity index (χ4n) is 2.15. The summed E-state index contributed by atoms with van der Waals surface area (Å²) in [7, 11) is 0. The van der Waals surface area contributed by atoms with E-state index in [0.717, 1.165) is 0 Å². The van der Waals surface area contributed by atoms with Crippen molar-refractivity contribution in [3.05, 3.63) is 62.0 Å². The highest BCUT2D eigenvalue weighted by atomic mass is 35.5. The van der Waals surface area contributed by atoms with Crippen molar-refractivity contribution in [3.63, 3.8) is 0 Å². The molecule has 0 amide bonds. The Kier molecular flexibility index (Phi) is 5.20. The fraction of sp³-hybridized carbons (Fsp3) is 0.0625. The molecule has 1 aromatic carbocycles. The molecule has 0 bridgehead atoms. The smallest absolute Gasteiger partial charge is 0.349 e. The first kappa shape index (κ1) is 18.0. The highest BCUT2D eigenvalue weighted by molar-refractivity contribution is 6.39. The number of hydrogen-bond acceptors (Lipinski definition) is 5. The summed E-state index contributed by atoms with van der Waals surface area (Å²) < 4.78 is 10.4. The normalized spacial score (nSPS) is 10.8. The lowest BCUT2D eigenvalue weighted by Gasteiger charge is -2.09. The molecular weight excluding hydrogens is 410 g/mol. The van der Waals surface area contributed by atoms with Gasteiger partial charge in [-0.15, -0.1) is 0 Å². The van der Waals surface area contributed by atoms with Gasteiger partial charge in [0.15, 0.2) is 5.75 Å². The first-order chi connectivity index (χ1) is 11.9. The Hall–Kier alpha value is -1.79. The summed E-state index contributed by atoms with van der Waals surface area (Å²) in [6, 6.07) is 4.92. The number of benzene rings is 1. The highest BCUT2D eigenvalue weighted by Crippen LogP contribution is 2.38. The number of esters is 1. The van der Waals surface area contributed by atoms with E-state index in [0.29, 0.717) is 15.6 Å². The maximum Gasteiger partial charge on any atom is 0.349 e. The van der Waals surface area contributed by atoms with Crippen molar-refractivity contribution in [1.82, 2.24) is 10.1 Å². The lowest BCUT2D eigenvalue weighted by molar-refractivity contribution is 0.0733. The molecule has 9 heteroatoms. The van der Waals surface area contributed by atoms with Crippen LogP contribution in [-0.4, -0.2) is 16.1 Å². The van der Waals surface area contributed by atoms with Crippen molar-refractivity contribution < 1.29 is 14.1 Å². The number of pyridine rings is 1. The number of aryl methyl sites for hydroxylation is 1. The Morgan fingerprint density at radius 2 is 1.64 bits per heavy atom. The largest absolute Gasteiger partial charge is 0.419 e. The Morgan fingerprint density at radius 3 is 2.24 bits per heavy atom. The Labute approximate surface area is 162 Å². The van der Waals surface area contributed by atoms with Crippen molar-refractivity contribution >= 4 is 52.4 Å². The molecule has 0 aliphatic rings. The van der Waals surface area contributed by atoms with Crippen LogP contribution in [0.4, 0.5) is 0 Å². The van der Waals surface area contributed by atoms with E-state index in [1.807, 2.05) is 0 Å². The number of ether oxygens (including phenoxy) is 1. The molecule has 0 radical (unpaired) electrons. The molecule has 0 spiro atoms. The van der Waals surface area contributed by atoms with Gasteiger partial charge in [-0.25, -0.2) is 4.79 Å². The number of carbonyl (C=O) groups excluding carboxylic acids is 1. The number of carbonyl (C=O) groups is 1. The molecule has 3 rings (SSSR count). The van der Waals surface area contributed by atoms with Gasteiger partial charge in [0.2, 0.25) is 0 Å². The standard InChI is InChI=1S/C16H8Cl4N2O3/c1-7-12(16(23)24-15-10(19)5-21-6-11(15)20)14(22-25-7)13-8(17)3-2-4-9(13)18/h2-6H,1H3. The van der Waals surface area contributed by atoms with Crippen molar-refractivity contribution in [2.24, 2.45) is 0 Å². The molecule has 128 valence electrons. The first-order valence-corrected chi connectivity index (χ1v) is 8.33. The van der Waals surface area contributed by atoms with Crippen LogP contribution in [0.3, 0.4) is 0 Å². The molecule has 3 aromatic rings.